The van der Waals surface area contributed by atoms with Gasteiger partial charge in [0.2, 0.25) is 0 Å². The van der Waals surface area contributed by atoms with Crippen molar-refractivity contribution in [1.29, 1.82) is 0 Å². The minimum atomic E-state index is -0.935. The van der Waals surface area contributed by atoms with E-state index in [-0.39, 0.29) is 36.9 Å². The van der Waals surface area contributed by atoms with Crippen LogP contribution in [0.5, 0.6) is 0 Å². The van der Waals surface area contributed by atoms with E-state index in [1.165, 1.54) is 19.9 Å². The summed E-state index contributed by atoms with van der Waals surface area (Å²) >= 11 is 0. The molecule has 25 heavy (non-hydrogen) atoms. The molecule has 0 unspecified atom stereocenters. The van der Waals surface area contributed by atoms with Crippen LogP contribution < -0.4 is 0 Å². The molecule has 0 aliphatic rings. The van der Waals surface area contributed by atoms with Crippen LogP contribution in [0.2, 0.25) is 0 Å². The van der Waals surface area contributed by atoms with E-state index in [9.17, 15) is 14.4 Å². The van der Waals surface area contributed by atoms with Gasteiger partial charge in [-0.3, -0.25) is 0 Å². The first-order chi connectivity index (χ1) is 11.4. The zero-order valence-electron chi connectivity index (χ0n) is 14.9. The molecule has 0 spiro atoms. The average molecular weight is 360 g/mol. The highest BCUT2D eigenvalue weighted by Crippen LogP contribution is 1.90. The van der Waals surface area contributed by atoms with Gasteiger partial charge in [0, 0.05) is 16.7 Å². The third-order valence-corrected chi connectivity index (χ3v) is 1.51. The van der Waals surface area contributed by atoms with Gasteiger partial charge in [-0.05, 0) is 20.8 Å². The van der Waals surface area contributed by atoms with Crippen LogP contribution in [0.25, 0.3) is 0 Å². The fourth-order valence-corrected chi connectivity index (χ4v) is 0.258. The minimum Gasteiger partial charge on any atom is -0.478 e. The van der Waals surface area contributed by atoms with Crippen molar-refractivity contribution >= 4 is 17.9 Å². The number of aliphatic carboxylic acids is 2. The van der Waals surface area contributed by atoms with Crippen LogP contribution in [0.4, 0.5) is 0 Å². The van der Waals surface area contributed by atoms with E-state index >= 15 is 0 Å². The van der Waals surface area contributed by atoms with Crippen molar-refractivity contribution in [3.05, 3.63) is 49.1 Å². The molecule has 8 nitrogen and oxygen atoms in total. The van der Waals surface area contributed by atoms with Gasteiger partial charge >= 0.3 is 17.9 Å². The van der Waals surface area contributed by atoms with Crippen molar-refractivity contribution < 1.29 is 39.5 Å². The van der Waals surface area contributed by atoms with Gasteiger partial charge in [-0.1, -0.05) is 32.4 Å². The number of esters is 1. The Bertz CT molecular complexity index is 413. The Hall–Kier alpha value is -2.71. The number of carboxylic acids is 2. The zero-order chi connectivity index (χ0) is 21.0. The standard InChI is InChI=1S/C7H10O2.2C4H6O2.C2H6O2/c1-4-5-9-7(8)6(2)3;2*1-3(2)4(5)6;3-1-2-4/h4H,1-2,5H2,3H3;2*1H2,2H3,(H,5,6);3-4H,1-2H2. The molecule has 0 saturated carbocycles. The number of aliphatic hydroxyl groups excluding tert-OH is 2. The molecular weight excluding hydrogens is 332 g/mol. The molecule has 0 bridgehead atoms. The van der Waals surface area contributed by atoms with Crippen LogP contribution in [-0.4, -0.2) is 58.2 Å². The van der Waals surface area contributed by atoms with Crippen molar-refractivity contribution in [2.75, 3.05) is 19.8 Å². The number of rotatable bonds is 6. The highest BCUT2D eigenvalue weighted by Gasteiger charge is 1.98. The summed E-state index contributed by atoms with van der Waals surface area (Å²) in [6, 6.07) is 0. The molecule has 0 fully saturated rings. The minimum absolute atomic E-state index is 0.125. The molecule has 0 amide bonds. The average Bonchev–Trinajstić information content (AvgIpc) is 2.53. The fourth-order valence-electron chi connectivity index (χ4n) is 0.258. The van der Waals surface area contributed by atoms with E-state index in [4.69, 9.17) is 20.4 Å². The molecule has 0 radical (unpaired) electrons. The maximum atomic E-state index is 10.5. The molecule has 0 atom stereocenters. The summed E-state index contributed by atoms with van der Waals surface area (Å²) in [4.78, 5) is 29.7. The number of carbonyl (C=O) groups excluding carboxylic acids is 1. The molecule has 0 aliphatic heterocycles. The Labute approximate surface area is 148 Å². The molecule has 0 heterocycles. The van der Waals surface area contributed by atoms with Gasteiger partial charge in [0.15, 0.2) is 0 Å². The lowest BCUT2D eigenvalue weighted by Crippen LogP contribution is -2.03. The lowest BCUT2D eigenvalue weighted by Gasteiger charge is -1.97. The first-order valence-electron chi connectivity index (χ1n) is 6.81. The molecule has 4 N–H and O–H groups in total. The largest absolute Gasteiger partial charge is 0.478 e. The number of ether oxygens (including phenoxy) is 1. The van der Waals surface area contributed by atoms with Gasteiger partial charge in [-0.15, -0.1) is 0 Å². The highest BCUT2D eigenvalue weighted by atomic mass is 16.5. The first kappa shape index (κ1) is 30.2. The van der Waals surface area contributed by atoms with Crippen molar-refractivity contribution in [2.45, 2.75) is 20.8 Å². The van der Waals surface area contributed by atoms with Crippen LogP contribution in [0.15, 0.2) is 49.1 Å². The lowest BCUT2D eigenvalue weighted by molar-refractivity contribution is -0.137. The van der Waals surface area contributed by atoms with Gasteiger partial charge in [0.25, 0.3) is 0 Å². The van der Waals surface area contributed by atoms with E-state index in [1.54, 1.807) is 6.92 Å². The van der Waals surface area contributed by atoms with E-state index in [2.05, 4.69) is 31.1 Å². The third kappa shape index (κ3) is 38.8. The van der Waals surface area contributed by atoms with Crippen molar-refractivity contribution in [3.8, 4) is 0 Å². The fraction of sp³-hybridized carbons (Fsp3) is 0.353. The second kappa shape index (κ2) is 21.3. The molecular formula is C17H28O8. The second-order valence-electron chi connectivity index (χ2n) is 4.29. The summed E-state index contributed by atoms with van der Waals surface area (Å²) in [7, 11) is 0. The summed E-state index contributed by atoms with van der Waals surface area (Å²) in [5, 5.41) is 31.0. The number of hydrogen-bond donors (Lipinski definition) is 4. The van der Waals surface area contributed by atoms with E-state index in [0.717, 1.165) is 0 Å². The summed E-state index contributed by atoms with van der Waals surface area (Å²) in [5.41, 5.74) is 0.766. The number of carboxylic acid groups (broad SMARTS) is 2. The normalized spacial score (nSPS) is 7.72. The summed E-state index contributed by atoms with van der Waals surface area (Å²) in [5.74, 6) is -2.24. The Kier molecular flexibility index (Phi) is 25.7. The number of hydrogen-bond acceptors (Lipinski definition) is 6. The Morgan fingerprint density at radius 2 is 1.12 bits per heavy atom. The third-order valence-electron chi connectivity index (χ3n) is 1.51. The van der Waals surface area contributed by atoms with Crippen molar-refractivity contribution in [3.63, 3.8) is 0 Å². The monoisotopic (exact) mass is 360 g/mol. The van der Waals surface area contributed by atoms with Crippen molar-refractivity contribution in [1.82, 2.24) is 0 Å². The van der Waals surface area contributed by atoms with Crippen LogP contribution in [-0.2, 0) is 19.1 Å². The molecule has 8 heteroatoms. The van der Waals surface area contributed by atoms with Crippen LogP contribution in [0, 0.1) is 0 Å². The molecule has 0 aromatic heterocycles. The summed E-state index contributed by atoms with van der Waals surface area (Å²) < 4.78 is 4.60. The van der Waals surface area contributed by atoms with Crippen molar-refractivity contribution in [2.24, 2.45) is 0 Å². The Morgan fingerprint density at radius 3 is 1.24 bits per heavy atom. The predicted octanol–water partition coefficient (Wildman–Crippen LogP) is 1.56. The van der Waals surface area contributed by atoms with Crippen LogP contribution in [0.1, 0.15) is 20.8 Å². The number of aliphatic hydroxyl groups is 2. The molecule has 0 saturated heterocycles. The maximum absolute atomic E-state index is 10.5. The smallest absolute Gasteiger partial charge is 0.333 e. The van der Waals surface area contributed by atoms with Gasteiger partial charge < -0.3 is 25.2 Å². The van der Waals surface area contributed by atoms with Gasteiger partial charge in [-0.25, -0.2) is 14.4 Å². The lowest BCUT2D eigenvalue weighted by atomic mass is 10.4. The Balaban J connectivity index is -0.000000123. The number of carbonyl (C=O) groups is 3. The maximum Gasteiger partial charge on any atom is 0.333 e. The molecule has 0 aromatic rings. The van der Waals surface area contributed by atoms with E-state index < -0.39 is 11.9 Å². The molecule has 0 aromatic carbocycles. The first-order valence-corrected chi connectivity index (χ1v) is 6.81. The van der Waals surface area contributed by atoms with Crippen LogP contribution >= 0.6 is 0 Å². The molecule has 0 rings (SSSR count). The van der Waals surface area contributed by atoms with Gasteiger partial charge in [-0.2, -0.15) is 0 Å². The molecule has 0 aliphatic carbocycles. The van der Waals surface area contributed by atoms with Gasteiger partial charge in [0.05, 0.1) is 13.2 Å². The van der Waals surface area contributed by atoms with E-state index in [1.807, 2.05) is 0 Å². The second-order valence-corrected chi connectivity index (χ2v) is 4.29. The zero-order valence-corrected chi connectivity index (χ0v) is 14.9. The topological polar surface area (TPSA) is 141 Å². The van der Waals surface area contributed by atoms with E-state index in [0.29, 0.717) is 5.57 Å². The highest BCUT2D eigenvalue weighted by molar-refractivity contribution is 5.87. The quantitative estimate of drug-likeness (QED) is 0.318. The van der Waals surface area contributed by atoms with Gasteiger partial charge in [0.1, 0.15) is 6.61 Å². The summed E-state index contributed by atoms with van der Waals surface area (Å²) in [6.07, 6.45) is 1.51. The summed E-state index contributed by atoms with van der Waals surface area (Å²) in [6.45, 7) is 17.6. The predicted molar refractivity (Wildman–Crippen MR) is 95.0 cm³/mol. The SMILES string of the molecule is C=C(C)C(=O)O.C=C(C)C(=O)O.C=CCOC(=O)C(=C)C.OCCO. The van der Waals surface area contributed by atoms with Crippen LogP contribution in [0.3, 0.4) is 0 Å². The molecule has 144 valence electrons. The Morgan fingerprint density at radius 1 is 0.840 bits per heavy atom.